The van der Waals surface area contributed by atoms with Gasteiger partial charge in [0.15, 0.2) is 0 Å². The largest absolute Gasteiger partial charge is 1.00 e. The fourth-order valence-electron chi connectivity index (χ4n) is 2.13. The third kappa shape index (κ3) is 4.01. The summed E-state index contributed by atoms with van der Waals surface area (Å²) in [7, 11) is -0.319. The van der Waals surface area contributed by atoms with E-state index in [1.165, 1.54) is 0 Å². The average molecular weight is 335 g/mol. The van der Waals surface area contributed by atoms with Gasteiger partial charge in [0.05, 0.1) is 11.2 Å². The van der Waals surface area contributed by atoms with Crippen LogP contribution in [0, 0.1) is 12.0 Å². The molecule has 0 spiro atoms. The summed E-state index contributed by atoms with van der Waals surface area (Å²) in [5.74, 6) is 0.324. The van der Waals surface area contributed by atoms with E-state index in [-0.39, 0.29) is 35.4 Å². The van der Waals surface area contributed by atoms with Gasteiger partial charge in [-0.1, -0.05) is 25.4 Å². The van der Waals surface area contributed by atoms with Crippen LogP contribution in [-0.4, -0.2) is 18.3 Å². The van der Waals surface area contributed by atoms with Crippen LogP contribution in [-0.2, 0) is 26.4 Å². The minimum absolute atomic E-state index is 0. The summed E-state index contributed by atoms with van der Waals surface area (Å²) >= 11 is 0. The molecule has 1 saturated heterocycles. The van der Waals surface area contributed by atoms with Gasteiger partial charge in [0.25, 0.3) is 0 Å². The molecule has 0 saturated carbocycles. The van der Waals surface area contributed by atoms with E-state index >= 15 is 0 Å². The van der Waals surface area contributed by atoms with Crippen LogP contribution in [0.3, 0.4) is 0 Å². The Morgan fingerprint density at radius 1 is 1.00 bits per heavy atom. The molecule has 0 unspecified atom stereocenters. The van der Waals surface area contributed by atoms with E-state index in [9.17, 15) is 0 Å². The van der Waals surface area contributed by atoms with Gasteiger partial charge in [-0.25, -0.2) is 0 Å². The van der Waals surface area contributed by atoms with Crippen LogP contribution >= 0.6 is 0 Å². The zero-order chi connectivity index (χ0) is 15.0. The van der Waals surface area contributed by atoms with Crippen molar-refractivity contribution in [3.63, 3.8) is 0 Å². The first-order valence-electron chi connectivity index (χ1n) is 7.27. The molecule has 0 aromatic heterocycles. The zero-order valence-electron chi connectivity index (χ0n) is 13.7. The Morgan fingerprint density at radius 3 is 1.90 bits per heavy atom. The van der Waals surface area contributed by atoms with Crippen molar-refractivity contribution in [1.82, 2.24) is 0 Å². The average Bonchev–Trinajstić information content (AvgIpc) is 2.56. The van der Waals surface area contributed by atoms with E-state index in [4.69, 9.17) is 9.31 Å². The van der Waals surface area contributed by atoms with Crippen LogP contribution in [0.2, 0.25) is 0 Å². The van der Waals surface area contributed by atoms with Crippen LogP contribution < -0.4 is 0 Å². The summed E-state index contributed by atoms with van der Waals surface area (Å²) in [6, 6.07) is 10.1. The summed E-state index contributed by atoms with van der Waals surface area (Å²) in [5, 5.41) is 0. The van der Waals surface area contributed by atoms with E-state index in [1.54, 1.807) is 0 Å². The Balaban J connectivity index is 0.00000220. The minimum Gasteiger partial charge on any atom is -0.400 e. The quantitative estimate of drug-likeness (QED) is 0.613. The van der Waals surface area contributed by atoms with Crippen LogP contribution in [0.1, 0.15) is 47.1 Å². The smallest absolute Gasteiger partial charge is 0.400 e. The second-order valence-corrected chi connectivity index (χ2v) is 6.69. The molecule has 0 radical (unpaired) electrons. The van der Waals surface area contributed by atoms with E-state index < -0.39 is 0 Å². The molecule has 2 rings (SSSR count). The van der Waals surface area contributed by atoms with Gasteiger partial charge < -0.3 is 9.31 Å². The molecule has 0 amide bonds. The normalized spacial score (nSPS) is 20.5. The van der Waals surface area contributed by atoms with E-state index in [0.29, 0.717) is 5.92 Å². The maximum Gasteiger partial charge on any atom is 1.00 e. The number of rotatable bonds is 3. The van der Waals surface area contributed by atoms with Gasteiger partial charge in [0.2, 0.25) is 0 Å². The molecular formula is C17H24BCuO2. The topological polar surface area (TPSA) is 18.5 Å². The van der Waals surface area contributed by atoms with Gasteiger partial charge in [0, 0.05) is 0 Å². The van der Waals surface area contributed by atoms with Gasteiger partial charge in [-0.05, 0) is 33.6 Å². The Kier molecular flexibility index (Phi) is 5.91. The monoisotopic (exact) mass is 334 g/mol. The summed E-state index contributed by atoms with van der Waals surface area (Å²) in [6.07, 6.45) is 3.46. The third-order valence-corrected chi connectivity index (χ3v) is 4.19. The molecule has 1 aromatic rings. The molecule has 1 aromatic carbocycles. The molecule has 1 fully saturated rings. The van der Waals surface area contributed by atoms with Crippen molar-refractivity contribution in [3.8, 4) is 0 Å². The molecular weight excluding hydrogens is 311 g/mol. The Labute approximate surface area is 139 Å². The number of hydrogen-bond acceptors (Lipinski definition) is 2. The van der Waals surface area contributed by atoms with Crippen molar-refractivity contribution in [1.29, 1.82) is 0 Å². The molecule has 21 heavy (non-hydrogen) atoms. The minimum atomic E-state index is -0.319. The standard InChI is InChI=1S/C17H24BO2.Cu/c1-13(2)15(12-14-10-8-7-9-11-14)18-19-16(3,4)17(5,6)20-18;/h7-11,13H,1-6H3;/q-1;+1. The molecule has 0 aliphatic carbocycles. The van der Waals surface area contributed by atoms with Gasteiger partial charge in [-0.2, -0.15) is 23.8 Å². The molecule has 0 N–H and O–H groups in total. The van der Waals surface area contributed by atoms with E-state index in [1.807, 2.05) is 30.3 Å². The SMILES string of the molecule is CC(C)C(=[C-]c1ccccc1)B1OC(C)(C)C(C)(C)O1.[Cu+]. The maximum absolute atomic E-state index is 6.14. The summed E-state index contributed by atoms with van der Waals surface area (Å²) in [4.78, 5) is 0. The van der Waals surface area contributed by atoms with Crippen LogP contribution in [0.15, 0.2) is 35.8 Å². The molecule has 1 aliphatic heterocycles. The zero-order valence-corrected chi connectivity index (χ0v) is 14.6. The molecule has 0 bridgehead atoms. The summed E-state index contributed by atoms with van der Waals surface area (Å²) in [5.41, 5.74) is 1.51. The van der Waals surface area contributed by atoms with Crippen LogP contribution in [0.25, 0.3) is 0 Å². The molecule has 4 heteroatoms. The van der Waals surface area contributed by atoms with Gasteiger partial charge in [0.1, 0.15) is 0 Å². The molecule has 1 heterocycles. The summed E-state index contributed by atoms with van der Waals surface area (Å²) in [6.45, 7) is 12.6. The second kappa shape index (κ2) is 6.70. The molecule has 1 aliphatic rings. The van der Waals surface area contributed by atoms with Crippen molar-refractivity contribution in [2.75, 3.05) is 0 Å². The van der Waals surface area contributed by atoms with Crippen molar-refractivity contribution in [2.24, 2.45) is 5.92 Å². The third-order valence-electron chi connectivity index (χ3n) is 4.19. The van der Waals surface area contributed by atoms with Gasteiger partial charge in [-0.3, -0.25) is 0 Å². The fourth-order valence-corrected chi connectivity index (χ4v) is 2.13. The number of benzene rings is 1. The number of hydrogen-bond donors (Lipinski definition) is 0. The second-order valence-electron chi connectivity index (χ2n) is 6.69. The van der Waals surface area contributed by atoms with E-state index in [0.717, 1.165) is 11.0 Å². The maximum atomic E-state index is 6.14. The van der Waals surface area contributed by atoms with Crippen molar-refractivity contribution < 1.29 is 26.4 Å². The first kappa shape index (κ1) is 18.5. The van der Waals surface area contributed by atoms with Crippen molar-refractivity contribution >= 4 is 7.12 Å². The molecule has 118 valence electrons. The molecule has 2 nitrogen and oxygen atoms in total. The fraction of sp³-hybridized carbons (Fsp3) is 0.529. The predicted octanol–water partition coefficient (Wildman–Crippen LogP) is 4.05. The van der Waals surface area contributed by atoms with Crippen molar-refractivity contribution in [3.05, 3.63) is 47.4 Å². The van der Waals surface area contributed by atoms with Crippen LogP contribution in [0.4, 0.5) is 0 Å². The van der Waals surface area contributed by atoms with Gasteiger partial charge in [-0.15, -0.1) is 12.1 Å². The Hall–Kier alpha value is -0.536. The molecule has 0 atom stereocenters. The van der Waals surface area contributed by atoms with Gasteiger partial charge >= 0.3 is 24.2 Å². The Bertz CT molecular complexity index is 479. The van der Waals surface area contributed by atoms with E-state index in [2.05, 4.69) is 47.6 Å². The first-order valence-corrected chi connectivity index (χ1v) is 7.27. The summed E-state index contributed by atoms with van der Waals surface area (Å²) < 4.78 is 12.3. The van der Waals surface area contributed by atoms with Crippen LogP contribution in [0.5, 0.6) is 0 Å². The number of allylic oxidation sites excluding steroid dienone is 1. The Morgan fingerprint density at radius 2 is 1.48 bits per heavy atom. The van der Waals surface area contributed by atoms with Crippen molar-refractivity contribution in [2.45, 2.75) is 52.7 Å². The predicted molar refractivity (Wildman–Crippen MR) is 83.2 cm³/mol. The first-order chi connectivity index (χ1) is 9.23.